The molecule has 6 aromatic carbocycles. The number of furan rings is 2. The smallest absolute Gasteiger partial charge is 0.145 e. The van der Waals surface area contributed by atoms with Crippen molar-refractivity contribution in [2.45, 2.75) is 25.9 Å². The first-order valence-electron chi connectivity index (χ1n) is 16.2. The fourth-order valence-corrected chi connectivity index (χ4v) is 7.13. The van der Waals surface area contributed by atoms with Gasteiger partial charge in [-0.25, -0.2) is 0 Å². The molecule has 1 aliphatic rings. The van der Waals surface area contributed by atoms with Gasteiger partial charge in [-0.15, -0.1) is 0 Å². The SMILES string of the molecule is C/C1=C(/c2ccc(-c3ccccc3)cc2)NC(c2cccc3oc4ccccc4c23)/N=C(/c2cccc3oc4ccccc4c23)CC1. The first-order valence-corrected chi connectivity index (χ1v) is 16.2. The molecular formula is C43H32N2O2. The topological polar surface area (TPSA) is 50.7 Å². The zero-order valence-electron chi connectivity index (χ0n) is 26.0. The van der Waals surface area contributed by atoms with Crippen molar-refractivity contribution < 1.29 is 8.83 Å². The number of hydrogen-bond donors (Lipinski definition) is 1. The molecular weight excluding hydrogens is 576 g/mol. The average Bonchev–Trinajstić information content (AvgIpc) is 3.70. The van der Waals surface area contributed by atoms with E-state index in [0.717, 1.165) is 84.8 Å². The number of rotatable bonds is 4. The van der Waals surface area contributed by atoms with E-state index in [1.807, 2.05) is 24.3 Å². The van der Waals surface area contributed by atoms with Crippen LogP contribution in [0, 0.1) is 0 Å². The minimum Gasteiger partial charge on any atom is -0.456 e. The quantitative estimate of drug-likeness (QED) is 0.216. The van der Waals surface area contributed by atoms with E-state index in [2.05, 4.69) is 128 Å². The van der Waals surface area contributed by atoms with Gasteiger partial charge in [0, 0.05) is 44.1 Å². The highest BCUT2D eigenvalue weighted by molar-refractivity contribution is 6.18. The molecule has 3 heterocycles. The zero-order valence-corrected chi connectivity index (χ0v) is 26.0. The van der Waals surface area contributed by atoms with E-state index in [1.54, 1.807) is 0 Å². The standard InChI is InChI=1S/C43H32N2O2/c1-27-21-26-35(31-15-9-19-38-40(31)32-13-5-7-17-36(32)46-38)44-43(34-16-10-20-39-41(34)33-14-6-8-18-37(33)47-39)45-42(27)30-24-22-29(23-25-30)28-11-3-2-4-12-28/h2-20,22-25,43,45H,21,26H2,1H3/b42-27+,44-35+. The van der Waals surface area contributed by atoms with Gasteiger partial charge in [-0.05, 0) is 66.3 Å². The molecule has 0 radical (unpaired) electrons. The third-order valence-electron chi connectivity index (χ3n) is 9.45. The van der Waals surface area contributed by atoms with Crippen molar-refractivity contribution in [1.82, 2.24) is 5.32 Å². The van der Waals surface area contributed by atoms with Gasteiger partial charge in [0.05, 0.1) is 0 Å². The van der Waals surface area contributed by atoms with Crippen molar-refractivity contribution in [3.63, 3.8) is 0 Å². The fourth-order valence-electron chi connectivity index (χ4n) is 7.13. The Labute approximate surface area is 272 Å². The van der Waals surface area contributed by atoms with Gasteiger partial charge in [-0.1, -0.05) is 115 Å². The molecule has 0 saturated carbocycles. The molecule has 1 atom stereocenters. The molecule has 4 nitrogen and oxygen atoms in total. The van der Waals surface area contributed by atoms with Crippen LogP contribution in [-0.2, 0) is 0 Å². The Balaban J connectivity index is 1.22. The lowest BCUT2D eigenvalue weighted by molar-refractivity contribution is 0.654. The minimum atomic E-state index is -0.359. The molecule has 8 aromatic rings. The van der Waals surface area contributed by atoms with Crippen LogP contribution in [0.4, 0.5) is 0 Å². The van der Waals surface area contributed by atoms with Gasteiger partial charge >= 0.3 is 0 Å². The molecule has 0 amide bonds. The number of benzene rings is 6. The number of allylic oxidation sites excluding steroid dienone is 1. The Morgan fingerprint density at radius 2 is 1.11 bits per heavy atom. The Kier molecular flexibility index (Phi) is 6.53. The van der Waals surface area contributed by atoms with Gasteiger partial charge in [-0.2, -0.15) is 0 Å². The van der Waals surface area contributed by atoms with E-state index in [9.17, 15) is 0 Å². The van der Waals surface area contributed by atoms with Gasteiger partial charge < -0.3 is 14.2 Å². The predicted molar refractivity (Wildman–Crippen MR) is 194 cm³/mol. The van der Waals surface area contributed by atoms with Crippen LogP contribution in [0.3, 0.4) is 0 Å². The number of para-hydroxylation sites is 2. The summed E-state index contributed by atoms with van der Waals surface area (Å²) in [5.41, 5.74) is 12.7. The third kappa shape index (κ3) is 4.72. The van der Waals surface area contributed by atoms with Crippen LogP contribution < -0.4 is 5.32 Å². The van der Waals surface area contributed by atoms with Crippen molar-refractivity contribution in [2.24, 2.45) is 4.99 Å². The van der Waals surface area contributed by atoms with Gasteiger partial charge in [0.2, 0.25) is 0 Å². The summed E-state index contributed by atoms with van der Waals surface area (Å²) >= 11 is 0. The highest BCUT2D eigenvalue weighted by Crippen LogP contribution is 2.39. The van der Waals surface area contributed by atoms with Crippen LogP contribution in [0.1, 0.15) is 42.6 Å². The number of fused-ring (bicyclic) bond motifs is 6. The first kappa shape index (κ1) is 27.4. The number of nitrogens with zero attached hydrogens (tertiary/aromatic N) is 1. The third-order valence-corrected chi connectivity index (χ3v) is 9.45. The fraction of sp³-hybridized carbons (Fsp3) is 0.0930. The Hall–Kier alpha value is -5.87. The van der Waals surface area contributed by atoms with Crippen molar-refractivity contribution in [3.05, 3.63) is 162 Å². The molecule has 9 rings (SSSR count). The lowest BCUT2D eigenvalue weighted by Crippen LogP contribution is -2.23. The van der Waals surface area contributed by atoms with Crippen LogP contribution >= 0.6 is 0 Å². The van der Waals surface area contributed by atoms with Gasteiger partial charge in [-0.3, -0.25) is 4.99 Å². The van der Waals surface area contributed by atoms with Gasteiger partial charge in [0.1, 0.15) is 28.5 Å². The van der Waals surface area contributed by atoms with Crippen LogP contribution in [-0.4, -0.2) is 5.71 Å². The van der Waals surface area contributed by atoms with Crippen LogP contribution in [0.5, 0.6) is 0 Å². The van der Waals surface area contributed by atoms with E-state index >= 15 is 0 Å². The molecule has 1 N–H and O–H groups in total. The van der Waals surface area contributed by atoms with E-state index in [-0.39, 0.29) is 6.17 Å². The van der Waals surface area contributed by atoms with E-state index in [0.29, 0.717) is 0 Å². The highest BCUT2D eigenvalue weighted by atomic mass is 16.3. The zero-order chi connectivity index (χ0) is 31.3. The molecule has 0 aliphatic carbocycles. The minimum absolute atomic E-state index is 0.359. The molecule has 0 spiro atoms. The number of nitrogens with one attached hydrogen (secondary N) is 1. The van der Waals surface area contributed by atoms with E-state index in [4.69, 9.17) is 13.8 Å². The molecule has 4 heteroatoms. The summed E-state index contributed by atoms with van der Waals surface area (Å²) in [7, 11) is 0. The molecule has 1 unspecified atom stereocenters. The molecule has 2 aromatic heterocycles. The van der Waals surface area contributed by atoms with Crippen molar-refractivity contribution in [2.75, 3.05) is 0 Å². The van der Waals surface area contributed by atoms with Crippen molar-refractivity contribution in [1.29, 1.82) is 0 Å². The summed E-state index contributed by atoms with van der Waals surface area (Å²) in [6, 6.07) is 48.6. The average molecular weight is 609 g/mol. The maximum Gasteiger partial charge on any atom is 0.145 e. The summed E-state index contributed by atoms with van der Waals surface area (Å²) in [6.45, 7) is 2.25. The first-order chi connectivity index (χ1) is 23.2. The number of aliphatic imine (C=N–C) groups is 1. The Bertz CT molecular complexity index is 2500. The normalized spacial score (nSPS) is 18.2. The second-order valence-electron chi connectivity index (χ2n) is 12.3. The maximum atomic E-state index is 6.33. The van der Waals surface area contributed by atoms with Crippen LogP contribution in [0.25, 0.3) is 60.7 Å². The molecule has 47 heavy (non-hydrogen) atoms. The van der Waals surface area contributed by atoms with E-state index < -0.39 is 0 Å². The second kappa shape index (κ2) is 11.2. The largest absolute Gasteiger partial charge is 0.456 e. The lowest BCUT2D eigenvalue weighted by atomic mass is 9.93. The second-order valence-corrected chi connectivity index (χ2v) is 12.3. The maximum absolute atomic E-state index is 6.33. The van der Waals surface area contributed by atoms with Gasteiger partial charge in [0.15, 0.2) is 0 Å². The summed E-state index contributed by atoms with van der Waals surface area (Å²) in [5.74, 6) is 0. The molecule has 0 bridgehead atoms. The molecule has 1 aliphatic heterocycles. The van der Waals surface area contributed by atoms with Crippen LogP contribution in [0.2, 0.25) is 0 Å². The molecule has 226 valence electrons. The van der Waals surface area contributed by atoms with E-state index in [1.165, 1.54) is 16.7 Å². The van der Waals surface area contributed by atoms with Crippen LogP contribution in [0.15, 0.2) is 159 Å². The summed E-state index contributed by atoms with van der Waals surface area (Å²) in [5, 5.41) is 8.36. The summed E-state index contributed by atoms with van der Waals surface area (Å²) in [6.07, 6.45) is 1.32. The van der Waals surface area contributed by atoms with Crippen molar-refractivity contribution >= 4 is 55.3 Å². The number of hydrogen-bond acceptors (Lipinski definition) is 4. The lowest BCUT2D eigenvalue weighted by Gasteiger charge is -2.26. The Morgan fingerprint density at radius 3 is 1.85 bits per heavy atom. The molecule has 0 fully saturated rings. The Morgan fingerprint density at radius 1 is 0.532 bits per heavy atom. The molecule has 0 saturated heterocycles. The van der Waals surface area contributed by atoms with Crippen molar-refractivity contribution in [3.8, 4) is 11.1 Å². The monoisotopic (exact) mass is 608 g/mol. The van der Waals surface area contributed by atoms with Gasteiger partial charge in [0.25, 0.3) is 0 Å². The highest BCUT2D eigenvalue weighted by Gasteiger charge is 2.24. The summed E-state index contributed by atoms with van der Waals surface area (Å²) < 4.78 is 12.6. The summed E-state index contributed by atoms with van der Waals surface area (Å²) in [4.78, 5) is 5.61. The predicted octanol–water partition coefficient (Wildman–Crippen LogP) is 11.5.